The van der Waals surface area contributed by atoms with Crippen molar-refractivity contribution in [3.63, 3.8) is 0 Å². The predicted octanol–water partition coefficient (Wildman–Crippen LogP) is 0.105. The van der Waals surface area contributed by atoms with Gasteiger partial charge >= 0.3 is 0 Å². The lowest BCUT2D eigenvalue weighted by Gasteiger charge is -2.01. The van der Waals surface area contributed by atoms with Crippen molar-refractivity contribution >= 4 is 5.69 Å². The van der Waals surface area contributed by atoms with Crippen LogP contribution in [0.25, 0.3) is 0 Å². The first-order valence-electron chi connectivity index (χ1n) is 4.10. The van der Waals surface area contributed by atoms with Gasteiger partial charge in [0.15, 0.2) is 0 Å². The van der Waals surface area contributed by atoms with E-state index in [1.807, 2.05) is 0 Å². The maximum absolute atomic E-state index is 10.9. The highest BCUT2D eigenvalue weighted by atomic mass is 16.1. The molecule has 2 rings (SSSR count). The highest BCUT2D eigenvalue weighted by molar-refractivity contribution is 5.38. The Morgan fingerprint density at radius 2 is 2.36 bits per heavy atom. The molecule has 0 saturated carbocycles. The van der Waals surface area contributed by atoms with Crippen molar-refractivity contribution in [2.45, 2.75) is 6.54 Å². The van der Waals surface area contributed by atoms with E-state index in [0.717, 1.165) is 5.69 Å². The van der Waals surface area contributed by atoms with Gasteiger partial charge < -0.3 is 10.3 Å². The first-order chi connectivity index (χ1) is 6.84. The number of hydrogen-bond donors (Lipinski definition) is 3. The zero-order valence-electron chi connectivity index (χ0n) is 7.32. The number of H-pyrrole nitrogens is 2. The standard InChI is InChI=1S/C8H9N5O/c14-8-1-6(4-12-13-8)10-3-7-2-9-5-11-7/h1-2,4-5H,3H2,(H,9,11)(H2,10,13,14). The molecule has 0 radical (unpaired) electrons. The van der Waals surface area contributed by atoms with Crippen molar-refractivity contribution in [1.29, 1.82) is 0 Å². The van der Waals surface area contributed by atoms with Crippen LogP contribution in [0.4, 0.5) is 5.69 Å². The van der Waals surface area contributed by atoms with E-state index in [0.29, 0.717) is 12.2 Å². The van der Waals surface area contributed by atoms with Gasteiger partial charge in [0.05, 0.1) is 30.5 Å². The van der Waals surface area contributed by atoms with Crippen molar-refractivity contribution < 1.29 is 0 Å². The van der Waals surface area contributed by atoms with Gasteiger partial charge in [-0.15, -0.1) is 0 Å². The number of imidazole rings is 1. The monoisotopic (exact) mass is 191 g/mol. The minimum absolute atomic E-state index is 0.223. The number of anilines is 1. The Bertz CT molecular complexity index is 447. The van der Waals surface area contributed by atoms with Gasteiger partial charge in [0.25, 0.3) is 5.56 Å². The molecule has 2 aromatic heterocycles. The van der Waals surface area contributed by atoms with Gasteiger partial charge in [0.1, 0.15) is 0 Å². The van der Waals surface area contributed by atoms with E-state index in [4.69, 9.17) is 0 Å². The number of nitrogens with one attached hydrogen (secondary N) is 3. The van der Waals surface area contributed by atoms with Crippen LogP contribution in [0.3, 0.4) is 0 Å². The Hall–Kier alpha value is -2.11. The summed E-state index contributed by atoms with van der Waals surface area (Å²) in [7, 11) is 0. The lowest BCUT2D eigenvalue weighted by molar-refractivity contribution is 0.976. The zero-order valence-corrected chi connectivity index (χ0v) is 7.32. The van der Waals surface area contributed by atoms with Gasteiger partial charge in [-0.3, -0.25) is 4.79 Å². The number of aromatic amines is 2. The molecule has 0 atom stereocenters. The van der Waals surface area contributed by atoms with Gasteiger partial charge in [-0.25, -0.2) is 10.1 Å². The first-order valence-corrected chi connectivity index (χ1v) is 4.10. The van der Waals surface area contributed by atoms with Crippen LogP contribution in [0.2, 0.25) is 0 Å². The zero-order chi connectivity index (χ0) is 9.80. The van der Waals surface area contributed by atoms with Crippen LogP contribution in [0.1, 0.15) is 5.69 Å². The molecule has 0 aliphatic carbocycles. The van der Waals surface area contributed by atoms with Crippen LogP contribution in [0.5, 0.6) is 0 Å². The molecule has 0 amide bonds. The van der Waals surface area contributed by atoms with Crippen molar-refractivity contribution in [2.24, 2.45) is 0 Å². The first kappa shape index (κ1) is 8.49. The van der Waals surface area contributed by atoms with Gasteiger partial charge in [-0.05, 0) is 0 Å². The van der Waals surface area contributed by atoms with Crippen LogP contribution in [0.15, 0.2) is 29.6 Å². The summed E-state index contributed by atoms with van der Waals surface area (Å²) < 4.78 is 0. The summed E-state index contributed by atoms with van der Waals surface area (Å²) in [6.07, 6.45) is 4.87. The fourth-order valence-electron chi connectivity index (χ4n) is 1.05. The summed E-state index contributed by atoms with van der Waals surface area (Å²) >= 11 is 0. The van der Waals surface area contributed by atoms with Gasteiger partial charge in [0, 0.05) is 12.3 Å². The van der Waals surface area contributed by atoms with Gasteiger partial charge in [-0.1, -0.05) is 0 Å². The molecule has 0 fully saturated rings. The third kappa shape index (κ3) is 1.98. The summed E-state index contributed by atoms with van der Waals surface area (Å²) in [5.41, 5.74) is 1.41. The molecule has 2 heterocycles. The van der Waals surface area contributed by atoms with Crippen molar-refractivity contribution in [3.8, 4) is 0 Å². The molecule has 0 aromatic carbocycles. The maximum atomic E-state index is 10.9. The van der Waals surface area contributed by atoms with Crippen LogP contribution in [0, 0.1) is 0 Å². The van der Waals surface area contributed by atoms with E-state index in [2.05, 4.69) is 25.5 Å². The van der Waals surface area contributed by atoms with Crippen LogP contribution in [-0.4, -0.2) is 20.2 Å². The topological polar surface area (TPSA) is 86.5 Å². The molecule has 0 saturated heterocycles. The van der Waals surface area contributed by atoms with Crippen LogP contribution in [-0.2, 0) is 6.54 Å². The fraction of sp³-hybridized carbons (Fsp3) is 0.125. The van der Waals surface area contributed by atoms with E-state index >= 15 is 0 Å². The molecule has 14 heavy (non-hydrogen) atoms. The maximum Gasteiger partial charge on any atom is 0.266 e. The van der Waals surface area contributed by atoms with E-state index in [-0.39, 0.29) is 5.56 Å². The van der Waals surface area contributed by atoms with Crippen molar-refractivity contribution in [1.82, 2.24) is 20.2 Å². The van der Waals surface area contributed by atoms with E-state index < -0.39 is 0 Å². The summed E-state index contributed by atoms with van der Waals surface area (Å²) in [6, 6.07) is 1.45. The van der Waals surface area contributed by atoms with Crippen molar-refractivity contribution in [3.05, 3.63) is 40.8 Å². The molecule has 2 aromatic rings. The number of nitrogens with zero attached hydrogens (tertiary/aromatic N) is 2. The summed E-state index contributed by atoms with van der Waals surface area (Å²) in [5, 5.41) is 8.99. The smallest absolute Gasteiger partial charge is 0.266 e. The molecular weight excluding hydrogens is 182 g/mol. The molecule has 0 bridgehead atoms. The van der Waals surface area contributed by atoms with Crippen molar-refractivity contribution in [2.75, 3.05) is 5.32 Å². The second-order valence-corrected chi connectivity index (χ2v) is 2.76. The molecule has 6 nitrogen and oxygen atoms in total. The van der Waals surface area contributed by atoms with Crippen LogP contribution >= 0.6 is 0 Å². The quantitative estimate of drug-likeness (QED) is 0.642. The Labute approximate surface area is 79.4 Å². The molecular formula is C8H9N5O. The van der Waals surface area contributed by atoms with Gasteiger partial charge in [0.2, 0.25) is 0 Å². The molecule has 0 aliphatic rings. The normalized spacial score (nSPS) is 10.0. The average molecular weight is 191 g/mol. The Morgan fingerprint density at radius 3 is 3.07 bits per heavy atom. The third-order valence-electron chi connectivity index (χ3n) is 1.70. The van der Waals surface area contributed by atoms with E-state index in [1.165, 1.54) is 6.07 Å². The number of hydrogen-bond acceptors (Lipinski definition) is 4. The Balaban J connectivity index is 2.02. The number of aromatic nitrogens is 4. The second-order valence-electron chi connectivity index (χ2n) is 2.76. The highest BCUT2D eigenvalue weighted by Crippen LogP contribution is 2.01. The minimum Gasteiger partial charge on any atom is -0.378 e. The molecule has 0 aliphatic heterocycles. The lowest BCUT2D eigenvalue weighted by Crippen LogP contribution is -2.09. The van der Waals surface area contributed by atoms with Gasteiger partial charge in [-0.2, -0.15) is 5.10 Å². The lowest BCUT2D eigenvalue weighted by atomic mass is 10.4. The molecule has 3 N–H and O–H groups in total. The second kappa shape index (κ2) is 3.73. The Kier molecular flexibility index (Phi) is 2.26. The Morgan fingerprint density at radius 1 is 1.43 bits per heavy atom. The van der Waals surface area contributed by atoms with Crippen LogP contribution < -0.4 is 10.9 Å². The third-order valence-corrected chi connectivity index (χ3v) is 1.70. The average Bonchev–Trinajstić information content (AvgIpc) is 2.67. The molecule has 72 valence electrons. The summed E-state index contributed by atoms with van der Waals surface area (Å²) in [5.74, 6) is 0. The summed E-state index contributed by atoms with van der Waals surface area (Å²) in [4.78, 5) is 17.7. The fourth-order valence-corrected chi connectivity index (χ4v) is 1.05. The van der Waals surface area contributed by atoms with E-state index in [9.17, 15) is 4.79 Å². The molecule has 0 spiro atoms. The molecule has 6 heteroatoms. The minimum atomic E-state index is -0.223. The molecule has 0 unspecified atom stereocenters. The largest absolute Gasteiger partial charge is 0.378 e. The number of rotatable bonds is 3. The SMILES string of the molecule is O=c1cc(NCc2cnc[nH]2)cn[nH]1. The highest BCUT2D eigenvalue weighted by Gasteiger charge is 1.95. The summed E-state index contributed by atoms with van der Waals surface area (Å²) in [6.45, 7) is 0.588. The van der Waals surface area contributed by atoms with E-state index in [1.54, 1.807) is 18.7 Å². The predicted molar refractivity (Wildman–Crippen MR) is 50.8 cm³/mol.